The fourth-order valence-corrected chi connectivity index (χ4v) is 5.19. The average Bonchev–Trinajstić information content (AvgIpc) is 2.79. The predicted octanol–water partition coefficient (Wildman–Crippen LogP) is 0.00320. The Kier molecular flexibility index (Phi) is 2.20. The second-order valence-electron chi connectivity index (χ2n) is 3.88. The summed E-state index contributed by atoms with van der Waals surface area (Å²) < 4.78 is 23.1. The van der Waals surface area contributed by atoms with Gasteiger partial charge in [-0.1, -0.05) is 0 Å². The van der Waals surface area contributed by atoms with Crippen LogP contribution in [0.15, 0.2) is 11.6 Å². The average molecular weight is 275 g/mol. The van der Waals surface area contributed by atoms with Gasteiger partial charge in [0.05, 0.1) is 23.6 Å². The first-order chi connectivity index (χ1) is 7.57. The van der Waals surface area contributed by atoms with Crippen molar-refractivity contribution in [1.82, 2.24) is 10.3 Å². The van der Waals surface area contributed by atoms with Crippen LogP contribution in [0, 0.1) is 0 Å². The monoisotopic (exact) mass is 275 g/mol. The minimum atomic E-state index is -2.94. The van der Waals surface area contributed by atoms with Gasteiger partial charge in [-0.25, -0.2) is 13.4 Å². The molecule has 0 unspecified atom stereocenters. The van der Waals surface area contributed by atoms with Gasteiger partial charge in [0.25, 0.3) is 0 Å². The largest absolute Gasteiger partial charge is 0.356 e. The minimum Gasteiger partial charge on any atom is -0.356 e. The molecule has 2 aliphatic heterocycles. The number of nitrogens with zero attached hydrogens (tertiary/aromatic N) is 2. The molecule has 8 heteroatoms. The number of thiocarbonyl (C=S) groups is 1. The van der Waals surface area contributed by atoms with E-state index in [9.17, 15) is 8.42 Å². The van der Waals surface area contributed by atoms with E-state index in [-0.39, 0.29) is 23.6 Å². The van der Waals surface area contributed by atoms with E-state index in [1.165, 1.54) is 11.3 Å². The van der Waals surface area contributed by atoms with E-state index in [0.717, 1.165) is 5.13 Å². The summed E-state index contributed by atoms with van der Waals surface area (Å²) in [5.41, 5.74) is 0. The molecular weight excluding hydrogens is 266 g/mol. The molecule has 1 aromatic rings. The molecule has 1 N–H and O–H groups in total. The Morgan fingerprint density at radius 2 is 2.38 bits per heavy atom. The molecule has 2 fully saturated rings. The van der Waals surface area contributed by atoms with Crippen LogP contribution in [0.3, 0.4) is 0 Å². The Hall–Kier alpha value is -0.730. The van der Waals surface area contributed by atoms with Crippen molar-refractivity contribution in [1.29, 1.82) is 0 Å². The molecule has 0 bridgehead atoms. The van der Waals surface area contributed by atoms with Gasteiger partial charge in [-0.05, 0) is 12.2 Å². The van der Waals surface area contributed by atoms with Crippen LogP contribution in [0.25, 0.3) is 0 Å². The number of sulfone groups is 1. The second-order valence-corrected chi connectivity index (χ2v) is 7.30. The molecule has 2 atom stereocenters. The molecule has 86 valence electrons. The topological polar surface area (TPSA) is 62.3 Å². The zero-order valence-electron chi connectivity index (χ0n) is 8.16. The van der Waals surface area contributed by atoms with Crippen molar-refractivity contribution >= 4 is 43.6 Å². The first-order valence-corrected chi connectivity index (χ1v) is 7.87. The third-order valence-corrected chi connectivity index (χ3v) is 5.61. The maximum absolute atomic E-state index is 11.5. The predicted molar refractivity (Wildman–Crippen MR) is 66.6 cm³/mol. The third kappa shape index (κ3) is 1.52. The Morgan fingerprint density at radius 3 is 3.06 bits per heavy atom. The van der Waals surface area contributed by atoms with Crippen LogP contribution in [-0.4, -0.2) is 42.1 Å². The Balaban J connectivity index is 1.98. The number of thiazole rings is 1. The maximum atomic E-state index is 11.5. The highest BCUT2D eigenvalue weighted by Crippen LogP contribution is 2.30. The van der Waals surface area contributed by atoms with Crippen molar-refractivity contribution in [2.75, 3.05) is 16.4 Å². The van der Waals surface area contributed by atoms with E-state index < -0.39 is 9.84 Å². The number of rotatable bonds is 1. The fraction of sp³-hybridized carbons (Fsp3) is 0.500. The molecule has 2 saturated heterocycles. The lowest BCUT2D eigenvalue weighted by Gasteiger charge is -2.19. The summed E-state index contributed by atoms with van der Waals surface area (Å²) in [5, 5.41) is 6.26. The van der Waals surface area contributed by atoms with E-state index in [1.54, 1.807) is 6.20 Å². The van der Waals surface area contributed by atoms with E-state index >= 15 is 0 Å². The van der Waals surface area contributed by atoms with Crippen LogP contribution >= 0.6 is 23.6 Å². The van der Waals surface area contributed by atoms with Gasteiger partial charge in [0.15, 0.2) is 20.1 Å². The molecule has 16 heavy (non-hydrogen) atoms. The molecule has 5 nitrogen and oxygen atoms in total. The van der Waals surface area contributed by atoms with Gasteiger partial charge < -0.3 is 5.32 Å². The maximum Gasteiger partial charge on any atom is 0.191 e. The number of nitrogens with one attached hydrogen (secondary N) is 1. The highest BCUT2D eigenvalue weighted by molar-refractivity contribution is 7.91. The second kappa shape index (κ2) is 3.38. The molecule has 1 aromatic heterocycles. The highest BCUT2D eigenvalue weighted by Gasteiger charge is 2.48. The molecule has 2 aliphatic rings. The standard InChI is InChI=1S/C8H9N3O2S3/c12-16(13)3-5-6(4-16)11(7(14)10-5)8-9-1-2-15-8/h1-2,5-6H,3-4H2,(H,10,14)/t5-,6+/m1/s1. The summed E-state index contributed by atoms with van der Waals surface area (Å²) in [7, 11) is -2.94. The van der Waals surface area contributed by atoms with Crippen LogP contribution in [0.1, 0.15) is 0 Å². The summed E-state index contributed by atoms with van der Waals surface area (Å²) >= 11 is 6.67. The van der Waals surface area contributed by atoms with Crippen molar-refractivity contribution in [3.05, 3.63) is 11.6 Å². The molecule has 0 radical (unpaired) electrons. The zero-order chi connectivity index (χ0) is 11.3. The van der Waals surface area contributed by atoms with Gasteiger partial charge in [-0.3, -0.25) is 4.90 Å². The lowest BCUT2D eigenvalue weighted by Crippen LogP contribution is -2.36. The Labute approximate surface area is 102 Å². The minimum absolute atomic E-state index is 0.0820. The number of anilines is 1. The van der Waals surface area contributed by atoms with Gasteiger partial charge in [-0.15, -0.1) is 11.3 Å². The molecule has 0 saturated carbocycles. The molecule has 0 amide bonds. The summed E-state index contributed by atoms with van der Waals surface area (Å²) in [5.74, 6) is 0.323. The lowest BCUT2D eigenvalue weighted by molar-refractivity contribution is 0.600. The van der Waals surface area contributed by atoms with E-state index in [4.69, 9.17) is 12.2 Å². The zero-order valence-corrected chi connectivity index (χ0v) is 10.6. The van der Waals surface area contributed by atoms with Crippen molar-refractivity contribution in [2.24, 2.45) is 0 Å². The van der Waals surface area contributed by atoms with Gasteiger partial charge >= 0.3 is 0 Å². The smallest absolute Gasteiger partial charge is 0.191 e. The number of aromatic nitrogens is 1. The van der Waals surface area contributed by atoms with Crippen LogP contribution in [0.4, 0.5) is 5.13 Å². The highest BCUT2D eigenvalue weighted by atomic mass is 32.2. The van der Waals surface area contributed by atoms with Gasteiger partial charge in [-0.2, -0.15) is 0 Å². The van der Waals surface area contributed by atoms with E-state index in [1.807, 2.05) is 10.3 Å². The van der Waals surface area contributed by atoms with Crippen molar-refractivity contribution in [3.63, 3.8) is 0 Å². The normalized spacial score (nSPS) is 31.5. The Bertz CT molecular complexity index is 525. The van der Waals surface area contributed by atoms with E-state index in [0.29, 0.717) is 5.11 Å². The molecule has 3 heterocycles. The molecule has 3 rings (SSSR count). The molecular formula is C8H9N3O2S3. The first kappa shape index (κ1) is 10.4. The molecule has 0 aliphatic carbocycles. The first-order valence-electron chi connectivity index (χ1n) is 4.76. The molecule has 0 aromatic carbocycles. The third-order valence-electron chi connectivity index (χ3n) is 2.81. The summed E-state index contributed by atoms with van der Waals surface area (Å²) in [6, 6.07) is -0.176. The summed E-state index contributed by atoms with van der Waals surface area (Å²) in [6.45, 7) is 0. The summed E-state index contributed by atoms with van der Waals surface area (Å²) in [4.78, 5) is 6.01. The number of fused-ring (bicyclic) bond motifs is 1. The van der Waals surface area contributed by atoms with E-state index in [2.05, 4.69) is 10.3 Å². The number of hydrogen-bond acceptors (Lipinski definition) is 5. The molecule has 0 spiro atoms. The van der Waals surface area contributed by atoms with Gasteiger partial charge in [0.2, 0.25) is 0 Å². The SMILES string of the molecule is O=S1(=O)C[C@H]2NC(=S)N(c3nccs3)[C@H]2C1. The fourth-order valence-electron chi connectivity index (χ4n) is 2.16. The Morgan fingerprint density at radius 1 is 1.56 bits per heavy atom. The quantitative estimate of drug-likeness (QED) is 0.728. The van der Waals surface area contributed by atoms with Crippen LogP contribution < -0.4 is 10.2 Å². The van der Waals surface area contributed by atoms with Gasteiger partial charge in [0, 0.05) is 11.6 Å². The van der Waals surface area contributed by atoms with Crippen LogP contribution in [-0.2, 0) is 9.84 Å². The lowest BCUT2D eigenvalue weighted by atomic mass is 10.2. The van der Waals surface area contributed by atoms with Crippen LogP contribution in [0.5, 0.6) is 0 Å². The van der Waals surface area contributed by atoms with Crippen molar-refractivity contribution in [2.45, 2.75) is 12.1 Å². The van der Waals surface area contributed by atoms with Crippen LogP contribution in [0.2, 0.25) is 0 Å². The number of hydrogen-bond donors (Lipinski definition) is 1. The summed E-state index contributed by atoms with van der Waals surface area (Å²) in [6.07, 6.45) is 1.69. The van der Waals surface area contributed by atoms with Crippen molar-refractivity contribution < 1.29 is 8.42 Å². The van der Waals surface area contributed by atoms with Gasteiger partial charge in [0.1, 0.15) is 0 Å². The van der Waals surface area contributed by atoms with Crippen molar-refractivity contribution in [3.8, 4) is 0 Å².